The zero-order valence-electron chi connectivity index (χ0n) is 21.0. The van der Waals surface area contributed by atoms with Crippen molar-refractivity contribution in [1.29, 1.82) is 0 Å². The van der Waals surface area contributed by atoms with Gasteiger partial charge >= 0.3 is 5.97 Å². The summed E-state index contributed by atoms with van der Waals surface area (Å²) in [5.41, 5.74) is 2.20. The topological polar surface area (TPSA) is 98.5 Å². The largest absolute Gasteiger partial charge is 0.503 e. The van der Waals surface area contributed by atoms with Crippen LogP contribution in [0.1, 0.15) is 56.2 Å². The monoisotopic (exact) mass is 602 g/mol. The number of aromatic nitrogens is 3. The molecule has 0 saturated heterocycles. The van der Waals surface area contributed by atoms with Crippen LogP contribution in [0.15, 0.2) is 57.3 Å². The van der Waals surface area contributed by atoms with Crippen molar-refractivity contribution in [3.8, 4) is 11.5 Å². The number of esters is 1. The van der Waals surface area contributed by atoms with Crippen LogP contribution in [0.25, 0.3) is 0 Å². The average Bonchev–Trinajstić information content (AvgIpc) is 3.31. The number of hydrogen-bond acceptors (Lipinski definition) is 8. The maximum absolute atomic E-state index is 14.2. The predicted molar refractivity (Wildman–Crippen MR) is 146 cm³/mol. The molecule has 1 atom stereocenters. The number of methoxy groups -OCH3 is 1. The van der Waals surface area contributed by atoms with Gasteiger partial charge in [-0.1, -0.05) is 36.4 Å². The van der Waals surface area contributed by atoms with E-state index in [9.17, 15) is 14.3 Å². The van der Waals surface area contributed by atoms with Crippen LogP contribution < -0.4 is 10.1 Å². The second-order valence-electron chi connectivity index (χ2n) is 9.33. The minimum atomic E-state index is -0.691. The van der Waals surface area contributed by atoms with Gasteiger partial charge in [-0.15, -0.1) is 5.10 Å². The van der Waals surface area contributed by atoms with Crippen LogP contribution in [-0.4, -0.2) is 39.1 Å². The van der Waals surface area contributed by atoms with Crippen molar-refractivity contribution < 1.29 is 23.8 Å². The molecule has 1 unspecified atom stereocenters. The van der Waals surface area contributed by atoms with E-state index in [-0.39, 0.29) is 23.4 Å². The van der Waals surface area contributed by atoms with E-state index < -0.39 is 12.0 Å². The highest BCUT2D eigenvalue weighted by atomic mass is 79.9. The highest BCUT2D eigenvalue weighted by Gasteiger charge is 2.37. The number of halogens is 2. The number of rotatable bonds is 7. The number of allylic oxidation sites excluding steroid dienone is 1. The first-order valence-corrected chi connectivity index (χ1v) is 14.2. The Hall–Kier alpha value is -3.05. The quantitative estimate of drug-likeness (QED) is 0.238. The van der Waals surface area contributed by atoms with Gasteiger partial charge in [0.05, 0.1) is 17.2 Å². The maximum Gasteiger partial charge on any atom is 0.338 e. The van der Waals surface area contributed by atoms with Gasteiger partial charge in [-0.3, -0.25) is 0 Å². The van der Waals surface area contributed by atoms with Gasteiger partial charge in [0.2, 0.25) is 11.1 Å². The number of fused-ring (bicyclic) bond motifs is 1. The number of hydrogen-bond donors (Lipinski definition) is 2. The Labute approximate surface area is 232 Å². The van der Waals surface area contributed by atoms with E-state index in [2.05, 4.69) is 26.2 Å². The van der Waals surface area contributed by atoms with Gasteiger partial charge in [-0.25, -0.2) is 13.9 Å². The van der Waals surface area contributed by atoms with E-state index in [0.717, 1.165) is 32.1 Å². The summed E-state index contributed by atoms with van der Waals surface area (Å²) in [5, 5.41) is 18.7. The molecular formula is C27H28BrFN4O4S. The van der Waals surface area contributed by atoms with E-state index in [1.807, 2.05) is 6.92 Å². The Morgan fingerprint density at radius 3 is 2.76 bits per heavy atom. The van der Waals surface area contributed by atoms with E-state index >= 15 is 0 Å². The molecule has 5 rings (SSSR count). The van der Waals surface area contributed by atoms with Crippen LogP contribution in [0.4, 0.5) is 10.3 Å². The fourth-order valence-electron chi connectivity index (χ4n) is 4.83. The molecule has 0 spiro atoms. The first-order valence-electron chi connectivity index (χ1n) is 12.4. The predicted octanol–water partition coefficient (Wildman–Crippen LogP) is 6.35. The molecule has 2 aliphatic rings. The Balaban J connectivity index is 1.52. The van der Waals surface area contributed by atoms with Gasteiger partial charge in [0.25, 0.3) is 0 Å². The number of nitrogens with one attached hydrogen (secondary N) is 1. The fourth-order valence-corrected chi connectivity index (χ4v) is 6.10. The van der Waals surface area contributed by atoms with E-state index in [1.165, 1.54) is 24.9 Å². The molecule has 0 radical (unpaired) electrons. The molecule has 2 aromatic carbocycles. The SMILES string of the molecule is COc1cc(C2C(C(=O)OC3CCCCC3)=C(C)Nc3nc(SCc4ccccc4F)nn32)cc(Br)c1O. The van der Waals surface area contributed by atoms with Crippen molar-refractivity contribution in [3.63, 3.8) is 0 Å². The highest BCUT2D eigenvalue weighted by molar-refractivity contribution is 9.10. The fraction of sp³-hybridized carbons (Fsp3) is 0.370. The summed E-state index contributed by atoms with van der Waals surface area (Å²) in [6, 6.07) is 9.30. The molecule has 1 aliphatic carbocycles. The summed E-state index contributed by atoms with van der Waals surface area (Å²) in [7, 11) is 1.46. The molecule has 0 bridgehead atoms. The summed E-state index contributed by atoms with van der Waals surface area (Å²) < 4.78 is 27.6. The van der Waals surface area contributed by atoms with Crippen LogP contribution in [0.5, 0.6) is 11.5 Å². The van der Waals surface area contributed by atoms with Crippen LogP contribution in [0, 0.1) is 5.82 Å². The molecule has 0 amide bonds. The average molecular weight is 604 g/mol. The molecule has 1 saturated carbocycles. The van der Waals surface area contributed by atoms with Gasteiger partial charge in [0, 0.05) is 11.4 Å². The summed E-state index contributed by atoms with van der Waals surface area (Å²) in [6.07, 6.45) is 4.80. The van der Waals surface area contributed by atoms with Gasteiger partial charge in [0.1, 0.15) is 18.0 Å². The standard InChI is InChI=1S/C27H28BrFN4O4S/c1-15-22(25(35)37-18-9-4-3-5-10-18)23(17-12-19(28)24(34)21(13-17)36-2)33-26(30-15)31-27(32-33)38-14-16-8-6-7-11-20(16)29/h6-8,11-13,18,23,34H,3-5,9-10,14H2,1-2H3,(H,30,31,32). The van der Waals surface area contributed by atoms with Crippen LogP contribution in [-0.2, 0) is 15.3 Å². The number of phenols is 1. The number of carbonyl (C=O) groups excluding carboxylic acids is 1. The number of aromatic hydroxyl groups is 1. The lowest BCUT2D eigenvalue weighted by Gasteiger charge is -2.30. The Bertz CT molecular complexity index is 1390. The van der Waals surface area contributed by atoms with Crippen molar-refractivity contribution in [1.82, 2.24) is 14.8 Å². The first kappa shape index (κ1) is 26.6. The molecule has 3 aromatic rings. The van der Waals surface area contributed by atoms with Crippen LogP contribution in [0.3, 0.4) is 0 Å². The van der Waals surface area contributed by atoms with Gasteiger partial charge in [0.15, 0.2) is 11.5 Å². The highest BCUT2D eigenvalue weighted by Crippen LogP contribution is 2.43. The lowest BCUT2D eigenvalue weighted by atomic mass is 9.94. The lowest BCUT2D eigenvalue weighted by molar-refractivity contribution is -0.146. The third-order valence-corrected chi connectivity index (χ3v) is 8.27. The van der Waals surface area contributed by atoms with Crippen molar-refractivity contribution in [2.75, 3.05) is 12.4 Å². The normalized spacial score (nSPS) is 17.6. The molecule has 8 nitrogen and oxygen atoms in total. The molecule has 2 N–H and O–H groups in total. The number of thioether (sulfide) groups is 1. The van der Waals surface area contributed by atoms with Gasteiger partial charge in [-0.05, 0) is 77.9 Å². The van der Waals surface area contributed by atoms with E-state index in [0.29, 0.717) is 43.7 Å². The smallest absolute Gasteiger partial charge is 0.338 e. The van der Waals surface area contributed by atoms with Crippen molar-refractivity contribution >= 4 is 39.6 Å². The Kier molecular flexibility index (Phi) is 7.94. The second-order valence-corrected chi connectivity index (χ2v) is 11.1. The van der Waals surface area contributed by atoms with E-state index in [4.69, 9.17) is 14.6 Å². The number of ether oxygens (including phenoxy) is 2. The third kappa shape index (κ3) is 5.40. The molecule has 1 fully saturated rings. The lowest BCUT2D eigenvalue weighted by Crippen LogP contribution is -2.32. The van der Waals surface area contributed by atoms with Crippen molar-refractivity contribution in [2.24, 2.45) is 0 Å². The zero-order chi connectivity index (χ0) is 26.8. The number of phenolic OH excluding ortho intramolecular Hbond substituents is 1. The maximum atomic E-state index is 14.2. The summed E-state index contributed by atoms with van der Waals surface area (Å²) in [4.78, 5) is 18.2. The molecule has 2 heterocycles. The number of benzene rings is 2. The zero-order valence-corrected chi connectivity index (χ0v) is 23.4. The molecule has 1 aliphatic heterocycles. The van der Waals surface area contributed by atoms with Crippen LogP contribution >= 0.6 is 27.7 Å². The van der Waals surface area contributed by atoms with Gasteiger partial charge < -0.3 is 19.9 Å². The Morgan fingerprint density at radius 2 is 2.03 bits per heavy atom. The first-order chi connectivity index (χ1) is 18.4. The molecule has 200 valence electrons. The second kappa shape index (κ2) is 11.4. The number of nitrogens with zero attached hydrogens (tertiary/aromatic N) is 3. The molecular weight excluding hydrogens is 575 g/mol. The minimum Gasteiger partial charge on any atom is -0.503 e. The molecule has 38 heavy (non-hydrogen) atoms. The minimum absolute atomic E-state index is 0.0443. The Morgan fingerprint density at radius 1 is 1.26 bits per heavy atom. The molecule has 1 aromatic heterocycles. The molecule has 11 heteroatoms. The third-order valence-electron chi connectivity index (χ3n) is 6.78. The van der Waals surface area contributed by atoms with E-state index in [1.54, 1.807) is 35.0 Å². The van der Waals surface area contributed by atoms with Gasteiger partial charge in [-0.2, -0.15) is 4.98 Å². The van der Waals surface area contributed by atoms with Crippen molar-refractivity contribution in [3.05, 3.63) is 69.1 Å². The summed E-state index contributed by atoms with van der Waals surface area (Å²) in [6.45, 7) is 1.81. The number of carbonyl (C=O) groups is 1. The number of anilines is 1. The van der Waals surface area contributed by atoms with Crippen molar-refractivity contribution in [2.45, 2.75) is 62.1 Å². The van der Waals surface area contributed by atoms with Crippen LogP contribution in [0.2, 0.25) is 0 Å². The summed E-state index contributed by atoms with van der Waals surface area (Å²) >= 11 is 4.70. The summed E-state index contributed by atoms with van der Waals surface area (Å²) in [5.74, 6) is 0.296.